The van der Waals surface area contributed by atoms with Gasteiger partial charge in [0.05, 0.1) is 16.4 Å². The Morgan fingerprint density at radius 3 is 2.44 bits per heavy atom. The Morgan fingerprint density at radius 2 is 1.88 bits per heavy atom. The maximum atomic E-state index is 5.38. The van der Waals surface area contributed by atoms with E-state index in [1.165, 1.54) is 3.57 Å². The van der Waals surface area contributed by atoms with E-state index < -0.39 is 0 Å². The Bertz CT molecular complexity index is 500. The standard InChI is InChI=1S/C11H6Br2INO/c12-10-5-9(16-11(10)13)6-15-8-3-1-7(14)2-4-8/h1-6H. The minimum atomic E-state index is 0.677. The molecule has 0 N–H and O–H groups in total. The zero-order chi connectivity index (χ0) is 11.5. The van der Waals surface area contributed by atoms with Gasteiger partial charge < -0.3 is 4.42 Å². The van der Waals surface area contributed by atoms with Crippen LogP contribution in [0.3, 0.4) is 0 Å². The largest absolute Gasteiger partial charge is 0.447 e. The third kappa shape index (κ3) is 3.18. The average molecular weight is 455 g/mol. The molecule has 0 amide bonds. The van der Waals surface area contributed by atoms with Crippen molar-refractivity contribution in [3.05, 3.63) is 48.8 Å². The van der Waals surface area contributed by atoms with Crippen LogP contribution in [0.2, 0.25) is 0 Å². The maximum Gasteiger partial charge on any atom is 0.184 e. The first-order valence-electron chi connectivity index (χ1n) is 4.39. The smallest absolute Gasteiger partial charge is 0.184 e. The maximum absolute atomic E-state index is 5.38. The van der Waals surface area contributed by atoms with Gasteiger partial charge in [0.25, 0.3) is 0 Å². The van der Waals surface area contributed by atoms with E-state index in [1.54, 1.807) is 6.21 Å². The first-order valence-corrected chi connectivity index (χ1v) is 7.06. The van der Waals surface area contributed by atoms with Crippen LogP contribution in [0.1, 0.15) is 5.76 Å². The van der Waals surface area contributed by atoms with Crippen LogP contribution in [0.15, 0.2) is 48.9 Å². The molecule has 0 atom stereocenters. The summed E-state index contributed by atoms with van der Waals surface area (Å²) >= 11 is 8.89. The number of benzene rings is 1. The summed E-state index contributed by atoms with van der Waals surface area (Å²) < 4.78 is 8.14. The highest BCUT2D eigenvalue weighted by atomic mass is 127. The summed E-state index contributed by atoms with van der Waals surface area (Å²) in [5.74, 6) is 0.706. The molecule has 0 spiro atoms. The first-order chi connectivity index (χ1) is 7.65. The zero-order valence-electron chi connectivity index (χ0n) is 7.95. The van der Waals surface area contributed by atoms with Crippen LogP contribution in [-0.4, -0.2) is 6.21 Å². The minimum Gasteiger partial charge on any atom is -0.447 e. The molecule has 0 unspecified atom stereocenters. The third-order valence-corrected chi connectivity index (χ3v) is 4.26. The number of rotatable bonds is 2. The van der Waals surface area contributed by atoms with Gasteiger partial charge in [0.15, 0.2) is 4.67 Å². The number of halogens is 3. The molecule has 16 heavy (non-hydrogen) atoms. The van der Waals surface area contributed by atoms with Gasteiger partial charge in [-0.15, -0.1) is 0 Å². The molecular formula is C11H6Br2INO. The van der Waals surface area contributed by atoms with Crippen molar-refractivity contribution in [2.45, 2.75) is 0 Å². The van der Waals surface area contributed by atoms with Gasteiger partial charge in [-0.05, 0) is 78.7 Å². The lowest BCUT2D eigenvalue weighted by Gasteiger charge is -1.92. The Hall–Kier alpha value is -0.140. The molecule has 0 aliphatic heterocycles. The highest BCUT2D eigenvalue weighted by Crippen LogP contribution is 2.26. The fourth-order valence-corrected chi connectivity index (χ4v) is 2.06. The monoisotopic (exact) mass is 453 g/mol. The van der Waals surface area contributed by atoms with E-state index in [4.69, 9.17) is 4.42 Å². The molecule has 1 aromatic carbocycles. The fraction of sp³-hybridized carbons (Fsp3) is 0. The van der Waals surface area contributed by atoms with Crippen molar-refractivity contribution in [3.8, 4) is 0 Å². The van der Waals surface area contributed by atoms with Gasteiger partial charge in [0.1, 0.15) is 5.76 Å². The van der Waals surface area contributed by atoms with Crippen LogP contribution in [0, 0.1) is 3.57 Å². The topological polar surface area (TPSA) is 25.5 Å². The van der Waals surface area contributed by atoms with Gasteiger partial charge in [0, 0.05) is 9.64 Å². The molecule has 0 saturated carbocycles. The minimum absolute atomic E-state index is 0.677. The highest BCUT2D eigenvalue weighted by molar-refractivity contribution is 14.1. The number of hydrogen-bond acceptors (Lipinski definition) is 2. The lowest BCUT2D eigenvalue weighted by atomic mass is 10.3. The molecule has 0 saturated heterocycles. The van der Waals surface area contributed by atoms with Crippen LogP contribution >= 0.6 is 54.5 Å². The molecule has 0 bridgehead atoms. The van der Waals surface area contributed by atoms with Gasteiger partial charge >= 0.3 is 0 Å². The van der Waals surface area contributed by atoms with Gasteiger partial charge in [-0.1, -0.05) is 0 Å². The van der Waals surface area contributed by atoms with Gasteiger partial charge in [0.2, 0.25) is 0 Å². The van der Waals surface area contributed by atoms with Gasteiger partial charge in [-0.25, -0.2) is 0 Å². The van der Waals surface area contributed by atoms with Crippen molar-refractivity contribution in [2.24, 2.45) is 4.99 Å². The van der Waals surface area contributed by atoms with Crippen molar-refractivity contribution in [1.29, 1.82) is 0 Å². The first kappa shape index (κ1) is 12.3. The summed E-state index contributed by atoms with van der Waals surface area (Å²) in [5.41, 5.74) is 0.907. The van der Waals surface area contributed by atoms with Crippen LogP contribution in [-0.2, 0) is 0 Å². The lowest BCUT2D eigenvalue weighted by molar-refractivity contribution is 0.533. The lowest BCUT2D eigenvalue weighted by Crippen LogP contribution is -1.74. The molecule has 1 aromatic heterocycles. The molecule has 0 fully saturated rings. The molecule has 82 valence electrons. The van der Waals surface area contributed by atoms with E-state index in [-0.39, 0.29) is 0 Å². The number of hydrogen-bond donors (Lipinski definition) is 0. The van der Waals surface area contributed by atoms with Gasteiger partial charge in [-0.3, -0.25) is 4.99 Å². The van der Waals surface area contributed by atoms with E-state index in [0.717, 1.165) is 10.2 Å². The Labute approximate surface area is 124 Å². The Balaban J connectivity index is 2.17. The van der Waals surface area contributed by atoms with E-state index in [1.807, 2.05) is 30.3 Å². The van der Waals surface area contributed by atoms with Crippen LogP contribution in [0.25, 0.3) is 0 Å². The SMILES string of the molecule is Brc1cc(C=Nc2ccc(I)cc2)oc1Br. The summed E-state index contributed by atoms with van der Waals surface area (Å²) in [6.07, 6.45) is 1.69. The predicted octanol–water partition coefficient (Wildman–Crippen LogP) is 5.16. The van der Waals surface area contributed by atoms with Crippen LogP contribution in [0.4, 0.5) is 5.69 Å². The van der Waals surface area contributed by atoms with Crippen molar-refractivity contribution in [1.82, 2.24) is 0 Å². The van der Waals surface area contributed by atoms with Crippen LogP contribution < -0.4 is 0 Å². The van der Waals surface area contributed by atoms with Crippen molar-refractivity contribution < 1.29 is 4.42 Å². The third-order valence-electron chi connectivity index (χ3n) is 1.83. The summed E-state index contributed by atoms with van der Waals surface area (Å²) in [5, 5.41) is 0. The molecule has 0 aliphatic carbocycles. The predicted molar refractivity (Wildman–Crippen MR) is 80.5 cm³/mol. The summed E-state index contributed by atoms with van der Waals surface area (Å²) in [7, 11) is 0. The van der Waals surface area contributed by atoms with Crippen molar-refractivity contribution in [2.75, 3.05) is 0 Å². The van der Waals surface area contributed by atoms with Crippen LogP contribution in [0.5, 0.6) is 0 Å². The summed E-state index contributed by atoms with van der Waals surface area (Å²) in [6, 6.07) is 9.82. The zero-order valence-corrected chi connectivity index (χ0v) is 13.3. The highest BCUT2D eigenvalue weighted by Gasteiger charge is 2.03. The number of furan rings is 1. The average Bonchev–Trinajstić information content (AvgIpc) is 2.58. The Morgan fingerprint density at radius 1 is 1.19 bits per heavy atom. The molecule has 0 radical (unpaired) electrons. The molecule has 2 nitrogen and oxygen atoms in total. The van der Waals surface area contributed by atoms with Gasteiger partial charge in [-0.2, -0.15) is 0 Å². The second-order valence-corrected chi connectivity index (χ2v) is 5.83. The Kier molecular flexibility index (Phi) is 4.21. The summed E-state index contributed by atoms with van der Waals surface area (Å²) in [4.78, 5) is 4.31. The normalized spacial score (nSPS) is 11.2. The van der Waals surface area contributed by atoms with Crippen molar-refractivity contribution >= 4 is 66.4 Å². The molecule has 0 aliphatic rings. The van der Waals surface area contributed by atoms with E-state index in [2.05, 4.69) is 59.4 Å². The van der Waals surface area contributed by atoms with E-state index in [0.29, 0.717) is 10.4 Å². The molecule has 1 heterocycles. The second-order valence-electron chi connectivity index (χ2n) is 3.01. The second kappa shape index (κ2) is 5.46. The van der Waals surface area contributed by atoms with E-state index >= 15 is 0 Å². The quantitative estimate of drug-likeness (QED) is 0.454. The molecular weight excluding hydrogens is 449 g/mol. The number of aliphatic imine (C=N–C) groups is 1. The number of nitrogens with zero attached hydrogens (tertiary/aromatic N) is 1. The van der Waals surface area contributed by atoms with E-state index in [9.17, 15) is 0 Å². The summed E-state index contributed by atoms with van der Waals surface area (Å²) in [6.45, 7) is 0. The fourth-order valence-electron chi connectivity index (χ4n) is 1.09. The van der Waals surface area contributed by atoms with Crippen molar-refractivity contribution in [3.63, 3.8) is 0 Å². The molecule has 2 rings (SSSR count). The molecule has 5 heteroatoms. The molecule has 2 aromatic rings.